The van der Waals surface area contributed by atoms with Crippen LogP contribution in [0.2, 0.25) is 0 Å². The second kappa shape index (κ2) is 8.35. The van der Waals surface area contributed by atoms with E-state index < -0.39 is 6.04 Å². The van der Waals surface area contributed by atoms with Gasteiger partial charge in [-0.05, 0) is 49.7 Å². The van der Waals surface area contributed by atoms with Gasteiger partial charge in [-0.15, -0.1) is 5.10 Å². The second-order valence-corrected chi connectivity index (χ2v) is 8.01. The highest BCUT2D eigenvalue weighted by Gasteiger charge is 2.34. The average molecular weight is 439 g/mol. The summed E-state index contributed by atoms with van der Waals surface area (Å²) in [6, 6.07) is 22.7. The van der Waals surface area contributed by atoms with Crippen molar-refractivity contribution in [3.8, 4) is 11.4 Å². The van der Waals surface area contributed by atoms with E-state index in [4.69, 9.17) is 5.10 Å². The van der Waals surface area contributed by atoms with Gasteiger partial charge in [0.25, 0.3) is 5.91 Å². The molecular formula is C26H22FN5O. The van der Waals surface area contributed by atoms with Gasteiger partial charge in [-0.3, -0.25) is 4.79 Å². The van der Waals surface area contributed by atoms with E-state index in [1.54, 1.807) is 16.8 Å². The number of carbonyl (C=O) groups is 1. The summed E-state index contributed by atoms with van der Waals surface area (Å²) >= 11 is 0. The Balaban J connectivity index is 1.61. The fourth-order valence-corrected chi connectivity index (χ4v) is 4.02. The molecule has 0 radical (unpaired) electrons. The number of anilines is 2. The molecule has 164 valence electrons. The SMILES string of the molecule is CC1=C(C(=O)Nc2ccccc2)C(c2ccc(F)cc2)n2nc(-c3cccc(C)c3)nc2N1. The van der Waals surface area contributed by atoms with E-state index >= 15 is 0 Å². The number of fused-ring (bicyclic) bond motifs is 1. The van der Waals surface area contributed by atoms with Gasteiger partial charge in [-0.2, -0.15) is 4.98 Å². The van der Waals surface area contributed by atoms with Crippen LogP contribution in [0, 0.1) is 12.7 Å². The number of halogens is 1. The first-order valence-electron chi connectivity index (χ1n) is 10.6. The monoisotopic (exact) mass is 439 g/mol. The van der Waals surface area contributed by atoms with Crippen LogP contribution in [0.15, 0.2) is 90.1 Å². The van der Waals surface area contributed by atoms with Crippen molar-refractivity contribution in [3.05, 3.63) is 107 Å². The van der Waals surface area contributed by atoms with E-state index in [-0.39, 0.29) is 11.7 Å². The maximum Gasteiger partial charge on any atom is 0.255 e. The number of hydrogen-bond donors (Lipinski definition) is 2. The molecule has 0 saturated heterocycles. The smallest absolute Gasteiger partial charge is 0.255 e. The largest absolute Gasteiger partial charge is 0.328 e. The van der Waals surface area contributed by atoms with Crippen LogP contribution in [0.1, 0.15) is 24.1 Å². The number of para-hydroxylation sites is 1. The zero-order valence-corrected chi connectivity index (χ0v) is 18.2. The summed E-state index contributed by atoms with van der Waals surface area (Å²) in [5.41, 5.74) is 4.54. The molecule has 3 aromatic carbocycles. The summed E-state index contributed by atoms with van der Waals surface area (Å²) in [5.74, 6) is 0.460. The molecule has 1 aliphatic rings. The van der Waals surface area contributed by atoms with E-state index in [2.05, 4.69) is 15.6 Å². The Bertz CT molecular complexity index is 1360. The van der Waals surface area contributed by atoms with Crippen molar-refractivity contribution < 1.29 is 9.18 Å². The third kappa shape index (κ3) is 4.01. The lowest BCUT2D eigenvalue weighted by atomic mass is 9.95. The van der Waals surface area contributed by atoms with Gasteiger partial charge < -0.3 is 10.6 Å². The molecule has 0 saturated carbocycles. The van der Waals surface area contributed by atoms with Crippen molar-refractivity contribution >= 4 is 17.5 Å². The average Bonchev–Trinajstić information content (AvgIpc) is 3.23. The first kappa shape index (κ1) is 20.6. The number of carbonyl (C=O) groups excluding carboxylic acids is 1. The summed E-state index contributed by atoms with van der Waals surface area (Å²) < 4.78 is 15.4. The fraction of sp³-hybridized carbons (Fsp3) is 0.115. The molecule has 1 aromatic heterocycles. The summed E-state index contributed by atoms with van der Waals surface area (Å²) in [5, 5.41) is 10.9. The molecule has 2 heterocycles. The Morgan fingerprint density at radius 1 is 1.00 bits per heavy atom. The maximum atomic E-state index is 13.7. The van der Waals surface area contributed by atoms with Crippen LogP contribution in [0.5, 0.6) is 0 Å². The number of hydrogen-bond acceptors (Lipinski definition) is 4. The maximum absolute atomic E-state index is 13.7. The topological polar surface area (TPSA) is 71.8 Å². The van der Waals surface area contributed by atoms with Gasteiger partial charge in [0.2, 0.25) is 5.95 Å². The third-order valence-corrected chi connectivity index (χ3v) is 5.59. The first-order valence-corrected chi connectivity index (χ1v) is 10.6. The Hall–Kier alpha value is -4.26. The molecule has 4 aromatic rings. The molecule has 0 fully saturated rings. The van der Waals surface area contributed by atoms with Crippen LogP contribution in [0.3, 0.4) is 0 Å². The second-order valence-electron chi connectivity index (χ2n) is 8.01. The standard InChI is InChI=1S/C26H22FN5O/c1-16-7-6-8-19(15-16)24-30-26-28-17(2)22(25(33)29-21-9-4-3-5-10-21)23(32(26)31-24)18-11-13-20(27)14-12-18/h3-15,23H,1-2H3,(H,29,33)(H,28,30,31). The first-order chi connectivity index (χ1) is 16.0. The van der Waals surface area contributed by atoms with E-state index in [9.17, 15) is 9.18 Å². The highest BCUT2D eigenvalue weighted by molar-refractivity contribution is 6.06. The van der Waals surface area contributed by atoms with E-state index in [1.165, 1.54) is 12.1 Å². The summed E-state index contributed by atoms with van der Waals surface area (Å²) in [7, 11) is 0. The van der Waals surface area contributed by atoms with Crippen molar-refractivity contribution in [2.75, 3.05) is 10.6 Å². The highest BCUT2D eigenvalue weighted by Crippen LogP contribution is 2.37. The van der Waals surface area contributed by atoms with Crippen LogP contribution in [0.25, 0.3) is 11.4 Å². The van der Waals surface area contributed by atoms with Gasteiger partial charge in [-0.1, -0.05) is 54.1 Å². The molecule has 0 bridgehead atoms. The number of allylic oxidation sites excluding steroid dienone is 1. The van der Waals surface area contributed by atoms with Gasteiger partial charge in [-0.25, -0.2) is 9.07 Å². The number of nitrogens with one attached hydrogen (secondary N) is 2. The summed E-state index contributed by atoms with van der Waals surface area (Å²) in [6.07, 6.45) is 0. The van der Waals surface area contributed by atoms with E-state index in [0.717, 1.165) is 16.7 Å². The number of rotatable bonds is 4. The normalized spacial score (nSPS) is 15.1. The predicted molar refractivity (Wildman–Crippen MR) is 126 cm³/mol. The molecule has 0 spiro atoms. The lowest BCUT2D eigenvalue weighted by molar-refractivity contribution is -0.113. The van der Waals surface area contributed by atoms with Crippen molar-refractivity contribution in [2.45, 2.75) is 19.9 Å². The minimum atomic E-state index is -0.573. The highest BCUT2D eigenvalue weighted by atomic mass is 19.1. The van der Waals surface area contributed by atoms with Crippen LogP contribution >= 0.6 is 0 Å². The fourth-order valence-electron chi connectivity index (χ4n) is 4.02. The molecule has 5 rings (SSSR count). The molecular weight excluding hydrogens is 417 g/mol. The van der Waals surface area contributed by atoms with Crippen molar-refractivity contribution in [1.82, 2.24) is 14.8 Å². The van der Waals surface area contributed by atoms with Crippen molar-refractivity contribution in [1.29, 1.82) is 0 Å². The Morgan fingerprint density at radius 2 is 1.76 bits per heavy atom. The van der Waals surface area contributed by atoms with Gasteiger partial charge in [0.05, 0.1) is 5.57 Å². The van der Waals surface area contributed by atoms with Crippen LogP contribution < -0.4 is 10.6 Å². The molecule has 1 unspecified atom stereocenters. The van der Waals surface area contributed by atoms with Gasteiger partial charge in [0.15, 0.2) is 5.82 Å². The molecule has 7 heteroatoms. The Labute approximate surface area is 190 Å². The van der Waals surface area contributed by atoms with Gasteiger partial charge in [0.1, 0.15) is 11.9 Å². The number of amides is 1. The molecule has 6 nitrogen and oxygen atoms in total. The quantitative estimate of drug-likeness (QED) is 0.451. The molecule has 0 aliphatic carbocycles. The molecule has 1 aliphatic heterocycles. The van der Waals surface area contributed by atoms with Crippen LogP contribution in [0.4, 0.5) is 16.0 Å². The van der Waals surface area contributed by atoms with E-state index in [0.29, 0.717) is 28.7 Å². The molecule has 1 amide bonds. The number of nitrogens with zero attached hydrogens (tertiary/aromatic N) is 3. The molecule has 1 atom stereocenters. The minimum absolute atomic E-state index is 0.265. The zero-order chi connectivity index (χ0) is 22.9. The lowest BCUT2D eigenvalue weighted by Crippen LogP contribution is -2.31. The van der Waals surface area contributed by atoms with Gasteiger partial charge in [0, 0.05) is 16.9 Å². The van der Waals surface area contributed by atoms with Crippen molar-refractivity contribution in [3.63, 3.8) is 0 Å². The van der Waals surface area contributed by atoms with E-state index in [1.807, 2.05) is 68.4 Å². The zero-order valence-electron chi connectivity index (χ0n) is 18.2. The van der Waals surface area contributed by atoms with Gasteiger partial charge >= 0.3 is 0 Å². The Kier molecular flexibility index (Phi) is 5.22. The Morgan fingerprint density at radius 3 is 2.48 bits per heavy atom. The predicted octanol–water partition coefficient (Wildman–Crippen LogP) is 5.32. The van der Waals surface area contributed by atoms with Crippen LogP contribution in [-0.2, 0) is 4.79 Å². The minimum Gasteiger partial charge on any atom is -0.328 e. The number of aryl methyl sites for hydroxylation is 1. The summed E-state index contributed by atoms with van der Waals surface area (Å²) in [6.45, 7) is 3.84. The molecule has 33 heavy (non-hydrogen) atoms. The third-order valence-electron chi connectivity index (χ3n) is 5.59. The summed E-state index contributed by atoms with van der Waals surface area (Å²) in [4.78, 5) is 18.1. The number of benzene rings is 3. The van der Waals surface area contributed by atoms with Crippen molar-refractivity contribution in [2.24, 2.45) is 0 Å². The lowest BCUT2D eigenvalue weighted by Gasteiger charge is -2.28. The number of aromatic nitrogens is 3. The molecule has 2 N–H and O–H groups in total. The van der Waals surface area contributed by atoms with Crippen LogP contribution in [-0.4, -0.2) is 20.7 Å².